The summed E-state index contributed by atoms with van der Waals surface area (Å²) in [7, 11) is 8.39. The van der Waals surface area contributed by atoms with E-state index in [0.29, 0.717) is 0 Å². The average Bonchev–Trinajstić information content (AvgIpc) is 2.98. The standard InChI is InChI=1S/C18H28N4O/c1-20(2)8-5-9-22-17(19)10-13-6-7-16-15(18(13)22)11-14(23-16)12-21(3)4/h6-7,10,14H,5,8-9,11-12,19H2,1-4H3. The van der Waals surface area contributed by atoms with Gasteiger partial charge in [0.1, 0.15) is 17.7 Å². The summed E-state index contributed by atoms with van der Waals surface area (Å²) >= 11 is 0. The second kappa shape index (κ2) is 6.42. The van der Waals surface area contributed by atoms with Crippen molar-refractivity contribution in [3.8, 4) is 5.75 Å². The van der Waals surface area contributed by atoms with Crippen molar-refractivity contribution in [1.82, 2.24) is 14.4 Å². The van der Waals surface area contributed by atoms with Gasteiger partial charge in [-0.25, -0.2) is 0 Å². The Bertz CT molecular complexity index is 690. The minimum absolute atomic E-state index is 0.233. The number of hydrogen-bond acceptors (Lipinski definition) is 4. The van der Waals surface area contributed by atoms with Crippen LogP contribution in [0.25, 0.3) is 10.9 Å². The zero-order valence-electron chi connectivity index (χ0n) is 14.7. The molecule has 0 radical (unpaired) electrons. The number of rotatable bonds is 6. The summed E-state index contributed by atoms with van der Waals surface area (Å²) in [5.74, 6) is 1.87. The Labute approximate surface area is 138 Å². The Hall–Kier alpha value is -1.72. The number of ether oxygens (including phenoxy) is 1. The molecule has 0 saturated carbocycles. The summed E-state index contributed by atoms with van der Waals surface area (Å²) in [5, 5.41) is 1.22. The van der Waals surface area contributed by atoms with Gasteiger partial charge in [0.2, 0.25) is 0 Å². The lowest BCUT2D eigenvalue weighted by atomic mass is 10.1. The van der Waals surface area contributed by atoms with Gasteiger partial charge in [0, 0.05) is 30.5 Å². The molecule has 2 aromatic rings. The first kappa shape index (κ1) is 16.1. The smallest absolute Gasteiger partial charge is 0.125 e. The van der Waals surface area contributed by atoms with Crippen LogP contribution in [0.4, 0.5) is 5.82 Å². The average molecular weight is 316 g/mol. The largest absolute Gasteiger partial charge is 0.488 e. The summed E-state index contributed by atoms with van der Waals surface area (Å²) < 4.78 is 8.39. The zero-order chi connectivity index (χ0) is 16.6. The van der Waals surface area contributed by atoms with Crippen LogP contribution in [-0.4, -0.2) is 61.8 Å². The van der Waals surface area contributed by atoms with Crippen molar-refractivity contribution in [3.63, 3.8) is 0 Å². The Morgan fingerprint density at radius 1 is 1.22 bits per heavy atom. The predicted molar refractivity (Wildman–Crippen MR) is 96.2 cm³/mol. The Morgan fingerprint density at radius 2 is 2.00 bits per heavy atom. The maximum absolute atomic E-state index is 6.28. The van der Waals surface area contributed by atoms with Crippen molar-refractivity contribution in [3.05, 3.63) is 23.8 Å². The van der Waals surface area contributed by atoms with Gasteiger partial charge >= 0.3 is 0 Å². The second-order valence-corrected chi connectivity index (χ2v) is 7.06. The molecule has 1 unspecified atom stereocenters. The molecule has 1 aromatic heterocycles. The predicted octanol–water partition coefficient (Wildman–Crippen LogP) is 2.04. The number of hydrogen-bond donors (Lipinski definition) is 1. The lowest BCUT2D eigenvalue weighted by molar-refractivity contribution is 0.184. The number of aromatic nitrogens is 1. The van der Waals surface area contributed by atoms with Gasteiger partial charge in [-0.1, -0.05) is 0 Å². The van der Waals surface area contributed by atoms with Crippen molar-refractivity contribution in [2.24, 2.45) is 0 Å². The fraction of sp³-hybridized carbons (Fsp3) is 0.556. The van der Waals surface area contributed by atoms with Gasteiger partial charge in [-0.3, -0.25) is 0 Å². The van der Waals surface area contributed by atoms with Gasteiger partial charge in [-0.2, -0.15) is 0 Å². The Morgan fingerprint density at radius 3 is 2.70 bits per heavy atom. The fourth-order valence-electron chi connectivity index (χ4n) is 3.49. The molecule has 0 saturated heterocycles. The van der Waals surface area contributed by atoms with Crippen LogP contribution in [-0.2, 0) is 13.0 Å². The van der Waals surface area contributed by atoms with E-state index in [1.807, 2.05) is 0 Å². The summed E-state index contributed by atoms with van der Waals surface area (Å²) in [4.78, 5) is 4.39. The third kappa shape index (κ3) is 3.31. The monoisotopic (exact) mass is 316 g/mol. The first-order valence-corrected chi connectivity index (χ1v) is 8.32. The van der Waals surface area contributed by atoms with Gasteiger partial charge in [0.25, 0.3) is 0 Å². The number of fused-ring (bicyclic) bond motifs is 3. The molecule has 5 nitrogen and oxygen atoms in total. The summed E-state index contributed by atoms with van der Waals surface area (Å²) in [6, 6.07) is 6.31. The molecular weight excluding hydrogens is 288 g/mol. The maximum atomic E-state index is 6.28. The number of likely N-dealkylation sites (N-methyl/N-ethyl adjacent to an activating group) is 1. The van der Waals surface area contributed by atoms with Crippen LogP contribution in [0.15, 0.2) is 18.2 Å². The molecule has 1 aromatic carbocycles. The van der Waals surface area contributed by atoms with E-state index in [2.05, 4.69) is 60.8 Å². The minimum atomic E-state index is 0.233. The fourth-order valence-corrected chi connectivity index (χ4v) is 3.49. The van der Waals surface area contributed by atoms with E-state index in [9.17, 15) is 0 Å². The molecule has 3 rings (SSSR count). The number of benzene rings is 1. The van der Waals surface area contributed by atoms with Crippen molar-refractivity contribution < 1.29 is 4.74 Å². The van der Waals surface area contributed by atoms with E-state index in [0.717, 1.165) is 44.0 Å². The highest BCUT2D eigenvalue weighted by atomic mass is 16.5. The first-order valence-electron chi connectivity index (χ1n) is 8.32. The van der Waals surface area contributed by atoms with Gasteiger partial charge in [0.15, 0.2) is 0 Å². The van der Waals surface area contributed by atoms with E-state index in [4.69, 9.17) is 10.5 Å². The lowest BCUT2D eigenvalue weighted by Gasteiger charge is -2.15. The molecule has 126 valence electrons. The molecule has 0 fully saturated rings. The molecule has 0 amide bonds. The minimum Gasteiger partial charge on any atom is -0.488 e. The van der Waals surface area contributed by atoms with Crippen molar-refractivity contribution in [1.29, 1.82) is 0 Å². The van der Waals surface area contributed by atoms with E-state index >= 15 is 0 Å². The van der Waals surface area contributed by atoms with E-state index < -0.39 is 0 Å². The van der Waals surface area contributed by atoms with Crippen LogP contribution >= 0.6 is 0 Å². The number of nitrogens with zero attached hydrogens (tertiary/aromatic N) is 3. The molecule has 5 heteroatoms. The molecule has 1 atom stereocenters. The summed E-state index contributed by atoms with van der Waals surface area (Å²) in [6.07, 6.45) is 2.28. The van der Waals surface area contributed by atoms with Crippen molar-refractivity contribution in [2.45, 2.75) is 25.5 Å². The van der Waals surface area contributed by atoms with E-state index in [1.54, 1.807) is 0 Å². The number of nitrogen functional groups attached to an aromatic ring is 1. The van der Waals surface area contributed by atoms with Crippen LogP contribution in [0.1, 0.15) is 12.0 Å². The van der Waals surface area contributed by atoms with Crippen molar-refractivity contribution >= 4 is 16.7 Å². The normalized spacial score (nSPS) is 17.2. The highest BCUT2D eigenvalue weighted by Gasteiger charge is 2.27. The van der Waals surface area contributed by atoms with Crippen LogP contribution in [0.5, 0.6) is 5.75 Å². The third-order valence-corrected chi connectivity index (χ3v) is 4.44. The zero-order valence-corrected chi connectivity index (χ0v) is 14.7. The quantitative estimate of drug-likeness (QED) is 0.886. The van der Waals surface area contributed by atoms with Gasteiger partial charge in [-0.05, 0) is 59.4 Å². The molecular formula is C18H28N4O. The highest BCUT2D eigenvalue weighted by Crippen LogP contribution is 2.37. The van der Waals surface area contributed by atoms with Crippen LogP contribution in [0, 0.1) is 0 Å². The third-order valence-electron chi connectivity index (χ3n) is 4.44. The van der Waals surface area contributed by atoms with Crippen LogP contribution in [0.3, 0.4) is 0 Å². The Kier molecular flexibility index (Phi) is 4.50. The molecule has 2 N–H and O–H groups in total. The Balaban J connectivity index is 1.90. The van der Waals surface area contributed by atoms with Gasteiger partial charge in [-0.15, -0.1) is 0 Å². The number of nitrogens with two attached hydrogens (primary N) is 1. The SMILES string of the molecule is CN(C)CCCn1c(N)cc2ccc3c(c21)CC(CN(C)C)O3. The van der Waals surface area contributed by atoms with Gasteiger partial charge < -0.3 is 24.8 Å². The van der Waals surface area contributed by atoms with E-state index in [-0.39, 0.29) is 6.10 Å². The second-order valence-electron chi connectivity index (χ2n) is 7.06. The highest BCUT2D eigenvalue weighted by molar-refractivity contribution is 5.89. The summed E-state index contributed by atoms with van der Waals surface area (Å²) in [5.41, 5.74) is 8.86. The molecule has 2 heterocycles. The molecule has 0 bridgehead atoms. The molecule has 0 spiro atoms. The lowest BCUT2D eigenvalue weighted by Crippen LogP contribution is -2.29. The van der Waals surface area contributed by atoms with Gasteiger partial charge in [0.05, 0.1) is 5.52 Å². The summed E-state index contributed by atoms with van der Waals surface area (Å²) in [6.45, 7) is 2.95. The molecule has 1 aliphatic heterocycles. The van der Waals surface area contributed by atoms with Crippen LogP contribution < -0.4 is 10.5 Å². The molecule has 23 heavy (non-hydrogen) atoms. The van der Waals surface area contributed by atoms with Crippen molar-refractivity contribution in [2.75, 3.05) is 47.0 Å². The maximum Gasteiger partial charge on any atom is 0.125 e. The van der Waals surface area contributed by atoms with E-state index in [1.165, 1.54) is 16.5 Å². The number of aryl methyl sites for hydroxylation is 1. The topological polar surface area (TPSA) is 46.7 Å². The molecule has 0 aliphatic carbocycles. The van der Waals surface area contributed by atoms with Crippen LogP contribution in [0.2, 0.25) is 0 Å². The molecule has 1 aliphatic rings. The number of anilines is 1. The first-order chi connectivity index (χ1) is 11.0.